The van der Waals surface area contributed by atoms with E-state index in [9.17, 15) is 9.59 Å². The van der Waals surface area contributed by atoms with E-state index in [-0.39, 0.29) is 11.5 Å². The minimum Gasteiger partial charge on any atom is -0.354 e. The molecular formula is C24H26N4O2. The number of rotatable bonds is 5. The highest BCUT2D eigenvalue weighted by Gasteiger charge is 2.20. The summed E-state index contributed by atoms with van der Waals surface area (Å²) in [6.45, 7) is 6.16. The number of fused-ring (bicyclic) bond motifs is 2. The van der Waals surface area contributed by atoms with E-state index < -0.39 is 6.04 Å². The van der Waals surface area contributed by atoms with Gasteiger partial charge in [0.25, 0.3) is 5.56 Å². The number of benzene rings is 2. The zero-order chi connectivity index (χ0) is 21.4. The van der Waals surface area contributed by atoms with Crippen molar-refractivity contribution in [2.45, 2.75) is 33.2 Å². The first-order valence-electron chi connectivity index (χ1n) is 10.2. The lowest BCUT2D eigenvalue weighted by atomic mass is 10.1. The third-order valence-electron chi connectivity index (χ3n) is 5.96. The SMILES string of the molecule is Cc1nn([C@@H](C)C(=O)NCCc2c(C)n(C)c3ccccc23)c(=O)c2ccccc12. The zero-order valence-corrected chi connectivity index (χ0v) is 17.8. The van der Waals surface area contributed by atoms with E-state index >= 15 is 0 Å². The van der Waals surface area contributed by atoms with Crippen molar-refractivity contribution in [1.82, 2.24) is 19.7 Å². The lowest BCUT2D eigenvalue weighted by Gasteiger charge is -2.16. The van der Waals surface area contributed by atoms with Crippen molar-refractivity contribution < 1.29 is 4.79 Å². The fraction of sp³-hybridized carbons (Fsp3) is 0.292. The molecule has 2 aromatic heterocycles. The van der Waals surface area contributed by atoms with E-state index in [4.69, 9.17) is 0 Å². The van der Waals surface area contributed by atoms with E-state index in [1.165, 1.54) is 26.8 Å². The molecule has 4 aromatic rings. The van der Waals surface area contributed by atoms with E-state index in [1.54, 1.807) is 13.0 Å². The molecule has 0 aliphatic rings. The molecular weight excluding hydrogens is 376 g/mol. The number of para-hydroxylation sites is 1. The number of carbonyl (C=O) groups is 1. The maximum absolute atomic E-state index is 12.8. The van der Waals surface area contributed by atoms with Gasteiger partial charge in [0.1, 0.15) is 6.04 Å². The van der Waals surface area contributed by atoms with Gasteiger partial charge in [-0.2, -0.15) is 5.10 Å². The number of aryl methyl sites for hydroxylation is 2. The summed E-state index contributed by atoms with van der Waals surface area (Å²) in [5, 5.41) is 9.97. The van der Waals surface area contributed by atoms with E-state index in [1.807, 2.05) is 37.3 Å². The van der Waals surface area contributed by atoms with Gasteiger partial charge in [0.15, 0.2) is 0 Å². The molecule has 1 amide bonds. The van der Waals surface area contributed by atoms with Crippen LogP contribution in [0.1, 0.15) is 29.9 Å². The van der Waals surface area contributed by atoms with Gasteiger partial charge in [0, 0.05) is 35.6 Å². The normalized spacial score (nSPS) is 12.4. The minimum absolute atomic E-state index is 0.211. The van der Waals surface area contributed by atoms with Crippen LogP contribution in [0, 0.1) is 13.8 Å². The second-order valence-electron chi connectivity index (χ2n) is 7.74. The predicted molar refractivity (Wildman–Crippen MR) is 120 cm³/mol. The summed E-state index contributed by atoms with van der Waals surface area (Å²) in [4.78, 5) is 25.6. The van der Waals surface area contributed by atoms with Gasteiger partial charge >= 0.3 is 0 Å². The summed E-state index contributed by atoms with van der Waals surface area (Å²) in [7, 11) is 2.06. The molecule has 154 valence electrons. The Morgan fingerprint density at radius 2 is 1.67 bits per heavy atom. The zero-order valence-electron chi connectivity index (χ0n) is 17.8. The second-order valence-corrected chi connectivity index (χ2v) is 7.74. The molecule has 0 saturated heterocycles. The van der Waals surface area contributed by atoms with Gasteiger partial charge in [-0.25, -0.2) is 4.68 Å². The van der Waals surface area contributed by atoms with Crippen LogP contribution in [0.3, 0.4) is 0 Å². The van der Waals surface area contributed by atoms with Crippen molar-refractivity contribution in [3.63, 3.8) is 0 Å². The number of nitrogens with one attached hydrogen (secondary N) is 1. The highest BCUT2D eigenvalue weighted by molar-refractivity contribution is 5.86. The molecule has 30 heavy (non-hydrogen) atoms. The summed E-state index contributed by atoms with van der Waals surface area (Å²) in [6, 6.07) is 15.0. The molecule has 6 heteroatoms. The van der Waals surface area contributed by atoms with Crippen LogP contribution < -0.4 is 10.9 Å². The lowest BCUT2D eigenvalue weighted by molar-refractivity contribution is -0.124. The molecule has 0 radical (unpaired) electrons. The molecule has 0 saturated carbocycles. The molecule has 0 aliphatic carbocycles. The Morgan fingerprint density at radius 3 is 2.40 bits per heavy atom. The smallest absolute Gasteiger partial charge is 0.275 e. The molecule has 0 bridgehead atoms. The molecule has 1 atom stereocenters. The second kappa shape index (κ2) is 7.78. The molecule has 6 nitrogen and oxygen atoms in total. The lowest BCUT2D eigenvalue weighted by Crippen LogP contribution is -2.38. The first-order chi connectivity index (χ1) is 14.4. The van der Waals surface area contributed by atoms with Crippen LogP contribution in [0.25, 0.3) is 21.7 Å². The number of amides is 1. The Hall–Kier alpha value is -3.41. The van der Waals surface area contributed by atoms with Gasteiger partial charge in [-0.3, -0.25) is 9.59 Å². The van der Waals surface area contributed by atoms with Crippen LogP contribution in [0.2, 0.25) is 0 Å². The van der Waals surface area contributed by atoms with Gasteiger partial charge < -0.3 is 9.88 Å². The number of nitrogens with zero attached hydrogens (tertiary/aromatic N) is 3. The molecule has 2 heterocycles. The average molecular weight is 402 g/mol. The topological polar surface area (TPSA) is 68.9 Å². The highest BCUT2D eigenvalue weighted by Crippen LogP contribution is 2.25. The number of carbonyl (C=O) groups excluding carboxylic acids is 1. The molecule has 4 rings (SSSR count). The summed E-state index contributed by atoms with van der Waals surface area (Å²) in [6.07, 6.45) is 0.727. The van der Waals surface area contributed by atoms with Gasteiger partial charge in [0.2, 0.25) is 5.91 Å². The molecule has 0 fully saturated rings. The molecule has 0 unspecified atom stereocenters. The Kier molecular flexibility index (Phi) is 5.16. The first-order valence-corrected chi connectivity index (χ1v) is 10.2. The Labute approximate surface area is 175 Å². The third kappa shape index (κ3) is 3.28. The predicted octanol–water partition coefficient (Wildman–Crippen LogP) is 3.42. The highest BCUT2D eigenvalue weighted by atomic mass is 16.2. The van der Waals surface area contributed by atoms with Gasteiger partial charge in [-0.1, -0.05) is 36.4 Å². The Balaban J connectivity index is 1.52. The molecule has 2 aromatic carbocycles. The fourth-order valence-electron chi connectivity index (χ4n) is 4.12. The third-order valence-corrected chi connectivity index (χ3v) is 5.96. The van der Waals surface area contributed by atoms with Gasteiger partial charge in [-0.15, -0.1) is 0 Å². The summed E-state index contributed by atoms with van der Waals surface area (Å²) >= 11 is 0. The van der Waals surface area contributed by atoms with E-state index in [2.05, 4.69) is 41.1 Å². The van der Waals surface area contributed by atoms with Crippen LogP contribution in [0.5, 0.6) is 0 Å². The van der Waals surface area contributed by atoms with Crippen LogP contribution in [0.15, 0.2) is 53.3 Å². The van der Waals surface area contributed by atoms with E-state index in [0.29, 0.717) is 11.9 Å². The van der Waals surface area contributed by atoms with Crippen molar-refractivity contribution in [2.75, 3.05) is 6.54 Å². The maximum atomic E-state index is 12.8. The van der Waals surface area contributed by atoms with Crippen molar-refractivity contribution in [2.24, 2.45) is 7.05 Å². The first kappa shape index (κ1) is 19.9. The van der Waals surface area contributed by atoms with Crippen molar-refractivity contribution in [1.29, 1.82) is 0 Å². The van der Waals surface area contributed by atoms with Crippen molar-refractivity contribution in [3.8, 4) is 0 Å². The Morgan fingerprint density at radius 1 is 1.03 bits per heavy atom. The average Bonchev–Trinajstić information content (AvgIpc) is 3.00. The quantitative estimate of drug-likeness (QED) is 0.556. The van der Waals surface area contributed by atoms with Crippen LogP contribution in [0.4, 0.5) is 0 Å². The van der Waals surface area contributed by atoms with E-state index in [0.717, 1.165) is 17.5 Å². The fourth-order valence-corrected chi connectivity index (χ4v) is 4.12. The summed E-state index contributed by atoms with van der Waals surface area (Å²) < 4.78 is 3.46. The minimum atomic E-state index is -0.686. The summed E-state index contributed by atoms with van der Waals surface area (Å²) in [5.41, 5.74) is 4.10. The van der Waals surface area contributed by atoms with Gasteiger partial charge in [-0.05, 0) is 44.9 Å². The number of hydrogen-bond acceptors (Lipinski definition) is 3. The van der Waals surface area contributed by atoms with Crippen LogP contribution in [-0.4, -0.2) is 26.8 Å². The van der Waals surface area contributed by atoms with Gasteiger partial charge in [0.05, 0.1) is 11.1 Å². The van der Waals surface area contributed by atoms with Crippen molar-refractivity contribution >= 4 is 27.6 Å². The van der Waals surface area contributed by atoms with Crippen molar-refractivity contribution in [3.05, 3.63) is 75.8 Å². The molecule has 0 aliphatic heterocycles. The Bertz CT molecular complexity index is 1320. The monoisotopic (exact) mass is 402 g/mol. The molecule has 0 spiro atoms. The number of aromatic nitrogens is 3. The summed E-state index contributed by atoms with van der Waals surface area (Å²) in [5.74, 6) is -0.211. The largest absolute Gasteiger partial charge is 0.354 e. The van der Waals surface area contributed by atoms with Crippen LogP contribution >= 0.6 is 0 Å². The standard InChI is InChI=1S/C24H26N4O2/c1-15-18-9-5-6-11-21(18)24(30)28(26-15)17(3)23(29)25-14-13-19-16(2)27(4)22-12-8-7-10-20(19)22/h5-12,17H,13-14H2,1-4H3,(H,25,29)/t17-/m0/s1. The number of hydrogen-bond donors (Lipinski definition) is 1. The molecule has 1 N–H and O–H groups in total. The van der Waals surface area contributed by atoms with Crippen LogP contribution in [-0.2, 0) is 18.3 Å². The maximum Gasteiger partial charge on any atom is 0.275 e.